The van der Waals surface area contributed by atoms with Gasteiger partial charge in [-0.05, 0) is 31.1 Å². The first-order valence-corrected chi connectivity index (χ1v) is 7.43. The van der Waals surface area contributed by atoms with E-state index in [-0.39, 0.29) is 24.8 Å². The first-order chi connectivity index (χ1) is 11.1. The molecule has 1 amide bonds. The molecule has 1 N–H and O–H groups in total. The number of carbonyl (C=O) groups excluding carboxylic acids is 3. The maximum atomic E-state index is 11.5. The molecule has 0 saturated heterocycles. The molecule has 0 bridgehead atoms. The third-order valence-electron chi connectivity index (χ3n) is 2.89. The minimum Gasteiger partial charge on any atom is -0.432 e. The number of hydrogen-bond acceptors (Lipinski definition) is 5. The molecule has 23 heavy (non-hydrogen) atoms. The minimum absolute atomic E-state index is 0.0178. The Kier molecular flexibility index (Phi) is 8.81. The summed E-state index contributed by atoms with van der Waals surface area (Å²) in [5.41, 5.74) is 0. The Morgan fingerprint density at radius 2 is 1.78 bits per heavy atom. The van der Waals surface area contributed by atoms with Crippen LogP contribution in [0.15, 0.2) is 43.0 Å². The van der Waals surface area contributed by atoms with Gasteiger partial charge in [0.15, 0.2) is 5.78 Å². The molecular formula is C17H21NO5. The Balaban J connectivity index is 2.03. The van der Waals surface area contributed by atoms with Gasteiger partial charge in [0.25, 0.3) is 0 Å². The lowest BCUT2D eigenvalue weighted by molar-refractivity contribution is -0.121. The second kappa shape index (κ2) is 11.0. The SMILES string of the molecule is C=CC(=O)CCCCC(=O)NCCOC(=O)Oc1ccccc1. The number of unbranched alkanes of at least 4 members (excludes halogenated alkanes) is 1. The van der Waals surface area contributed by atoms with Crippen molar-refractivity contribution >= 4 is 17.8 Å². The minimum atomic E-state index is -0.812. The van der Waals surface area contributed by atoms with Crippen LogP contribution < -0.4 is 10.1 Å². The molecule has 0 fully saturated rings. The second-order valence-corrected chi connectivity index (χ2v) is 4.74. The number of ether oxygens (including phenoxy) is 2. The largest absolute Gasteiger partial charge is 0.513 e. The third-order valence-corrected chi connectivity index (χ3v) is 2.89. The Morgan fingerprint density at radius 3 is 2.48 bits per heavy atom. The highest BCUT2D eigenvalue weighted by molar-refractivity contribution is 5.88. The van der Waals surface area contributed by atoms with Crippen molar-refractivity contribution in [3.63, 3.8) is 0 Å². The molecule has 0 unspecified atom stereocenters. The Hall–Kier alpha value is -2.63. The van der Waals surface area contributed by atoms with Crippen molar-refractivity contribution in [2.75, 3.05) is 13.2 Å². The number of allylic oxidation sites excluding steroid dienone is 1. The monoisotopic (exact) mass is 319 g/mol. The lowest BCUT2D eigenvalue weighted by Gasteiger charge is -2.07. The highest BCUT2D eigenvalue weighted by Crippen LogP contribution is 2.08. The van der Waals surface area contributed by atoms with Gasteiger partial charge in [-0.3, -0.25) is 9.59 Å². The number of para-hydroxylation sites is 1. The van der Waals surface area contributed by atoms with E-state index < -0.39 is 6.16 Å². The summed E-state index contributed by atoms with van der Waals surface area (Å²) in [5.74, 6) is 0.238. The summed E-state index contributed by atoms with van der Waals surface area (Å²) >= 11 is 0. The van der Waals surface area contributed by atoms with E-state index in [4.69, 9.17) is 9.47 Å². The lowest BCUT2D eigenvalue weighted by Crippen LogP contribution is -2.28. The molecule has 0 radical (unpaired) electrons. The first-order valence-electron chi connectivity index (χ1n) is 7.43. The van der Waals surface area contributed by atoms with Gasteiger partial charge in [-0.25, -0.2) is 4.79 Å². The summed E-state index contributed by atoms with van der Waals surface area (Å²) in [6.07, 6.45) is 2.49. The van der Waals surface area contributed by atoms with E-state index in [2.05, 4.69) is 11.9 Å². The van der Waals surface area contributed by atoms with Crippen LogP contribution in [0.1, 0.15) is 25.7 Å². The van der Waals surface area contributed by atoms with E-state index in [1.807, 2.05) is 0 Å². The summed E-state index contributed by atoms with van der Waals surface area (Å²) in [6, 6.07) is 8.57. The van der Waals surface area contributed by atoms with Crippen molar-refractivity contribution in [2.45, 2.75) is 25.7 Å². The van der Waals surface area contributed by atoms with Crippen LogP contribution in [0.2, 0.25) is 0 Å². The van der Waals surface area contributed by atoms with E-state index in [9.17, 15) is 14.4 Å². The average molecular weight is 319 g/mol. The Morgan fingerprint density at radius 1 is 1.09 bits per heavy atom. The van der Waals surface area contributed by atoms with Crippen molar-refractivity contribution in [1.29, 1.82) is 0 Å². The number of nitrogens with one attached hydrogen (secondary N) is 1. The van der Waals surface area contributed by atoms with Crippen LogP contribution in [-0.4, -0.2) is 31.0 Å². The van der Waals surface area contributed by atoms with Crippen LogP contribution in [0.25, 0.3) is 0 Å². The Labute approximate surface area is 135 Å². The van der Waals surface area contributed by atoms with Gasteiger partial charge in [0.2, 0.25) is 5.91 Å². The predicted molar refractivity (Wildman–Crippen MR) is 85.1 cm³/mol. The van der Waals surface area contributed by atoms with E-state index in [0.29, 0.717) is 31.4 Å². The normalized spacial score (nSPS) is 9.74. The van der Waals surface area contributed by atoms with Gasteiger partial charge < -0.3 is 14.8 Å². The number of benzene rings is 1. The van der Waals surface area contributed by atoms with Gasteiger partial charge in [0.1, 0.15) is 12.4 Å². The topological polar surface area (TPSA) is 81.7 Å². The molecule has 1 aromatic rings. The zero-order chi connectivity index (χ0) is 16.9. The zero-order valence-electron chi connectivity index (χ0n) is 13.0. The number of rotatable bonds is 10. The highest BCUT2D eigenvalue weighted by Gasteiger charge is 2.06. The van der Waals surface area contributed by atoms with Gasteiger partial charge in [-0.1, -0.05) is 24.8 Å². The van der Waals surface area contributed by atoms with E-state index in [0.717, 1.165) is 0 Å². The van der Waals surface area contributed by atoms with Crippen molar-refractivity contribution in [2.24, 2.45) is 0 Å². The van der Waals surface area contributed by atoms with Crippen molar-refractivity contribution in [3.05, 3.63) is 43.0 Å². The average Bonchev–Trinajstić information content (AvgIpc) is 2.56. The third kappa shape index (κ3) is 9.08. The van der Waals surface area contributed by atoms with Gasteiger partial charge in [-0.15, -0.1) is 0 Å². The lowest BCUT2D eigenvalue weighted by atomic mass is 10.1. The number of ketones is 1. The van der Waals surface area contributed by atoms with Crippen LogP contribution in [0.4, 0.5) is 4.79 Å². The van der Waals surface area contributed by atoms with Crippen LogP contribution in [0, 0.1) is 0 Å². The molecule has 0 heterocycles. The molecule has 0 saturated carbocycles. The van der Waals surface area contributed by atoms with Crippen molar-refractivity contribution < 1.29 is 23.9 Å². The first kappa shape index (κ1) is 18.4. The molecule has 124 valence electrons. The zero-order valence-corrected chi connectivity index (χ0v) is 13.0. The fourth-order valence-corrected chi connectivity index (χ4v) is 1.71. The highest BCUT2D eigenvalue weighted by atomic mass is 16.7. The summed E-state index contributed by atoms with van der Waals surface area (Å²) < 4.78 is 9.76. The van der Waals surface area contributed by atoms with E-state index in [1.165, 1.54) is 6.08 Å². The van der Waals surface area contributed by atoms with Gasteiger partial charge >= 0.3 is 6.16 Å². The van der Waals surface area contributed by atoms with Crippen LogP contribution in [0.5, 0.6) is 5.75 Å². The molecule has 0 aliphatic heterocycles. The number of amides is 1. The molecule has 6 nitrogen and oxygen atoms in total. The van der Waals surface area contributed by atoms with Crippen molar-refractivity contribution in [1.82, 2.24) is 5.32 Å². The standard InChI is InChI=1S/C17H21NO5/c1-2-14(19)8-6-7-11-16(20)18-12-13-22-17(21)23-15-9-4-3-5-10-15/h2-5,9-10H,1,6-8,11-13H2,(H,18,20). The molecule has 0 aliphatic rings. The maximum absolute atomic E-state index is 11.5. The molecular weight excluding hydrogens is 298 g/mol. The quantitative estimate of drug-likeness (QED) is 0.310. The molecule has 1 rings (SSSR count). The fourth-order valence-electron chi connectivity index (χ4n) is 1.71. The van der Waals surface area contributed by atoms with Crippen LogP contribution in [-0.2, 0) is 14.3 Å². The van der Waals surface area contributed by atoms with Crippen LogP contribution >= 0.6 is 0 Å². The smallest absolute Gasteiger partial charge is 0.432 e. The summed E-state index contributed by atoms with van der Waals surface area (Å²) in [5, 5.41) is 2.63. The van der Waals surface area contributed by atoms with Crippen LogP contribution in [0.3, 0.4) is 0 Å². The molecule has 0 atom stereocenters. The van der Waals surface area contributed by atoms with Crippen molar-refractivity contribution in [3.8, 4) is 5.75 Å². The Bertz CT molecular complexity index is 527. The number of carbonyl (C=O) groups is 3. The molecule has 6 heteroatoms. The second-order valence-electron chi connectivity index (χ2n) is 4.74. The molecule has 0 aliphatic carbocycles. The summed E-state index contributed by atoms with van der Waals surface area (Å²) in [6.45, 7) is 3.64. The summed E-state index contributed by atoms with van der Waals surface area (Å²) in [7, 11) is 0. The number of hydrogen-bond donors (Lipinski definition) is 1. The molecule has 1 aromatic carbocycles. The van der Waals surface area contributed by atoms with E-state index in [1.54, 1.807) is 30.3 Å². The van der Waals surface area contributed by atoms with Gasteiger partial charge in [0.05, 0.1) is 6.54 Å². The maximum Gasteiger partial charge on any atom is 0.513 e. The molecule has 0 spiro atoms. The fraction of sp³-hybridized carbons (Fsp3) is 0.353. The van der Waals surface area contributed by atoms with E-state index >= 15 is 0 Å². The summed E-state index contributed by atoms with van der Waals surface area (Å²) in [4.78, 5) is 33.9. The van der Waals surface area contributed by atoms with Gasteiger partial charge in [-0.2, -0.15) is 0 Å². The molecule has 0 aromatic heterocycles. The predicted octanol–water partition coefficient (Wildman–Crippen LogP) is 2.63. The van der Waals surface area contributed by atoms with Gasteiger partial charge in [0, 0.05) is 12.8 Å².